The van der Waals surface area contributed by atoms with E-state index in [0.717, 1.165) is 29.5 Å². The zero-order chi connectivity index (χ0) is 21.8. The van der Waals surface area contributed by atoms with E-state index in [9.17, 15) is 18.0 Å². The van der Waals surface area contributed by atoms with Crippen LogP contribution >= 0.6 is 0 Å². The van der Waals surface area contributed by atoms with Crippen molar-refractivity contribution in [2.24, 2.45) is 0 Å². The number of hydrogen-bond acceptors (Lipinski definition) is 9. The minimum absolute atomic E-state index is 0.0761. The van der Waals surface area contributed by atoms with Crippen LogP contribution in [0.25, 0.3) is 0 Å². The van der Waals surface area contributed by atoms with Gasteiger partial charge in [0.1, 0.15) is 0 Å². The Morgan fingerprint density at radius 2 is 1.61 bits per heavy atom. The first-order valence-corrected chi connectivity index (χ1v) is 12.3. The van der Waals surface area contributed by atoms with Gasteiger partial charge in [-0.2, -0.15) is 9.40 Å². The van der Waals surface area contributed by atoms with Gasteiger partial charge in [-0.05, 0) is 6.42 Å². The van der Waals surface area contributed by atoms with Crippen LogP contribution in [-0.2, 0) is 24.3 Å². The van der Waals surface area contributed by atoms with Crippen molar-refractivity contribution in [1.29, 1.82) is 0 Å². The summed E-state index contributed by atoms with van der Waals surface area (Å²) in [5, 5.41) is 8.35. The van der Waals surface area contributed by atoms with Gasteiger partial charge in [0, 0.05) is 64.7 Å². The molecule has 0 bridgehead atoms. The maximum atomic E-state index is 12.8. The molecular weight excluding hydrogens is 424 g/mol. The molecule has 2 amide bonds. The minimum Gasteiger partial charge on any atom is -0.378 e. The number of piperidine rings is 1. The molecule has 12 heteroatoms. The Hall–Kier alpha value is -2.31. The van der Waals surface area contributed by atoms with Gasteiger partial charge in [-0.15, -0.1) is 5.10 Å². The number of imide groups is 1. The molecule has 1 aromatic heterocycles. The molecule has 3 saturated heterocycles. The Morgan fingerprint density at radius 3 is 2.29 bits per heavy atom. The van der Waals surface area contributed by atoms with Gasteiger partial charge in [-0.25, -0.2) is 8.42 Å². The van der Waals surface area contributed by atoms with Crippen LogP contribution < -0.4 is 9.80 Å². The largest absolute Gasteiger partial charge is 0.378 e. The predicted octanol–water partition coefficient (Wildman–Crippen LogP) is -0.696. The number of morpholine rings is 1. The monoisotopic (exact) mass is 452 g/mol. The molecule has 1 aromatic rings. The topological polar surface area (TPSA) is 116 Å². The van der Waals surface area contributed by atoms with Crippen LogP contribution in [-0.4, -0.2) is 104 Å². The third-order valence-corrected chi connectivity index (χ3v) is 7.77. The number of sulfonamides is 1. The lowest BCUT2D eigenvalue weighted by molar-refractivity contribution is -0.147. The lowest BCUT2D eigenvalue weighted by Gasteiger charge is -2.35. The molecule has 0 saturated carbocycles. The first-order chi connectivity index (χ1) is 14.9. The van der Waals surface area contributed by atoms with Crippen molar-refractivity contribution in [2.75, 3.05) is 74.6 Å². The van der Waals surface area contributed by atoms with Crippen molar-refractivity contribution in [3.8, 4) is 0 Å². The Bertz CT molecular complexity index is 896. The summed E-state index contributed by atoms with van der Waals surface area (Å²) in [6, 6.07) is 1.98. The molecule has 0 unspecified atom stereocenters. The number of carbonyl (C=O) groups is 2. The number of carbonyl (C=O) groups excluding carboxylic acids is 2. The second-order valence-electron chi connectivity index (χ2n) is 7.87. The molecule has 170 valence electrons. The second-order valence-corrected chi connectivity index (χ2v) is 9.95. The SMILES string of the molecule is O=C1CCCC(=O)N1CCS(=O)(=O)N1CCN(c2cc(N3CCOCC3)cnn2)CC1. The molecule has 3 aliphatic heterocycles. The number of aromatic nitrogens is 2. The number of likely N-dealkylation sites (tertiary alicyclic amines) is 1. The lowest BCUT2D eigenvalue weighted by Crippen LogP contribution is -2.51. The molecule has 4 rings (SSSR count). The highest BCUT2D eigenvalue weighted by Gasteiger charge is 2.31. The quantitative estimate of drug-likeness (QED) is 0.517. The zero-order valence-corrected chi connectivity index (χ0v) is 18.3. The van der Waals surface area contributed by atoms with Gasteiger partial charge in [0.2, 0.25) is 21.8 Å². The summed E-state index contributed by atoms with van der Waals surface area (Å²) in [5.74, 6) is -0.0767. The Kier molecular flexibility index (Phi) is 6.68. The fraction of sp³-hybridized carbons (Fsp3) is 0.684. The third-order valence-electron chi connectivity index (χ3n) is 5.92. The third kappa shape index (κ3) is 5.13. The molecule has 11 nitrogen and oxygen atoms in total. The minimum atomic E-state index is -3.56. The van der Waals surface area contributed by atoms with Gasteiger partial charge in [0.25, 0.3) is 0 Å². The number of nitrogens with zero attached hydrogens (tertiary/aromatic N) is 6. The number of anilines is 2. The van der Waals surface area contributed by atoms with Crippen LogP contribution in [0.4, 0.5) is 11.5 Å². The van der Waals surface area contributed by atoms with Crippen molar-refractivity contribution >= 4 is 33.3 Å². The summed E-state index contributed by atoms with van der Waals surface area (Å²) in [6.45, 7) is 4.56. The Labute approximate surface area is 182 Å². The van der Waals surface area contributed by atoms with E-state index in [1.165, 1.54) is 4.31 Å². The fourth-order valence-corrected chi connectivity index (χ4v) is 5.47. The number of ether oxygens (including phenoxy) is 1. The highest BCUT2D eigenvalue weighted by Crippen LogP contribution is 2.22. The van der Waals surface area contributed by atoms with Crippen molar-refractivity contribution in [1.82, 2.24) is 19.4 Å². The molecule has 31 heavy (non-hydrogen) atoms. The summed E-state index contributed by atoms with van der Waals surface area (Å²) in [6.07, 6.45) is 2.88. The number of hydrogen-bond donors (Lipinski definition) is 0. The molecule has 0 radical (unpaired) electrons. The number of rotatable bonds is 6. The first-order valence-electron chi connectivity index (χ1n) is 10.7. The molecule has 3 aliphatic rings. The van der Waals surface area contributed by atoms with E-state index in [-0.39, 0.29) is 24.1 Å². The van der Waals surface area contributed by atoms with Crippen molar-refractivity contribution in [2.45, 2.75) is 19.3 Å². The maximum absolute atomic E-state index is 12.8. The normalized spacial score (nSPS) is 21.6. The van der Waals surface area contributed by atoms with Crippen molar-refractivity contribution < 1.29 is 22.7 Å². The summed E-state index contributed by atoms with van der Waals surface area (Å²) in [4.78, 5) is 29.1. The summed E-state index contributed by atoms with van der Waals surface area (Å²) in [5.41, 5.74) is 0.985. The number of piperazine rings is 1. The highest BCUT2D eigenvalue weighted by atomic mass is 32.2. The van der Waals surface area contributed by atoms with E-state index in [0.29, 0.717) is 58.7 Å². The molecule has 0 aromatic carbocycles. The van der Waals surface area contributed by atoms with Gasteiger partial charge < -0.3 is 14.5 Å². The summed E-state index contributed by atoms with van der Waals surface area (Å²) < 4.78 is 32.3. The second kappa shape index (κ2) is 9.45. The van der Waals surface area contributed by atoms with Gasteiger partial charge >= 0.3 is 0 Å². The van der Waals surface area contributed by atoms with Crippen LogP contribution in [0.1, 0.15) is 19.3 Å². The predicted molar refractivity (Wildman–Crippen MR) is 113 cm³/mol. The average molecular weight is 453 g/mol. The fourth-order valence-electron chi connectivity index (χ4n) is 4.07. The number of amides is 2. The van der Waals surface area contributed by atoms with Gasteiger partial charge in [0.15, 0.2) is 5.82 Å². The zero-order valence-electron chi connectivity index (χ0n) is 17.5. The smallest absolute Gasteiger partial charge is 0.229 e. The van der Waals surface area contributed by atoms with Crippen LogP contribution in [0.15, 0.2) is 12.3 Å². The summed E-state index contributed by atoms with van der Waals surface area (Å²) in [7, 11) is -3.56. The van der Waals surface area contributed by atoms with Crippen LogP contribution in [0, 0.1) is 0 Å². The maximum Gasteiger partial charge on any atom is 0.229 e. The molecule has 0 atom stereocenters. The van der Waals surface area contributed by atoms with E-state index in [1.807, 2.05) is 11.0 Å². The Morgan fingerprint density at radius 1 is 0.935 bits per heavy atom. The highest BCUT2D eigenvalue weighted by molar-refractivity contribution is 7.89. The standard InChI is InChI=1S/C19H28N6O5S/c26-18-2-1-3-19(27)25(18)10-13-31(28,29)24-6-4-23(5-7-24)17-14-16(15-20-21-17)22-8-11-30-12-9-22/h14-15H,1-13H2. The molecule has 4 heterocycles. The summed E-state index contributed by atoms with van der Waals surface area (Å²) >= 11 is 0. The lowest BCUT2D eigenvalue weighted by atomic mass is 10.1. The van der Waals surface area contributed by atoms with E-state index in [1.54, 1.807) is 6.20 Å². The van der Waals surface area contributed by atoms with Gasteiger partial charge in [-0.3, -0.25) is 14.5 Å². The van der Waals surface area contributed by atoms with Gasteiger partial charge in [-0.1, -0.05) is 0 Å². The van der Waals surface area contributed by atoms with Crippen LogP contribution in [0.2, 0.25) is 0 Å². The van der Waals surface area contributed by atoms with Gasteiger partial charge in [0.05, 0.1) is 30.9 Å². The average Bonchev–Trinajstić information content (AvgIpc) is 2.79. The van der Waals surface area contributed by atoms with E-state index in [4.69, 9.17) is 4.74 Å². The molecule has 0 N–H and O–H groups in total. The van der Waals surface area contributed by atoms with Crippen molar-refractivity contribution in [3.63, 3.8) is 0 Å². The molecule has 3 fully saturated rings. The Balaban J connectivity index is 1.32. The van der Waals surface area contributed by atoms with E-state index < -0.39 is 10.0 Å². The van der Waals surface area contributed by atoms with E-state index in [2.05, 4.69) is 15.1 Å². The molecular formula is C19H28N6O5S. The molecule has 0 aliphatic carbocycles. The van der Waals surface area contributed by atoms with E-state index >= 15 is 0 Å². The molecule has 0 spiro atoms. The first kappa shape index (κ1) is 21.9. The van der Waals surface area contributed by atoms with Crippen LogP contribution in [0.3, 0.4) is 0 Å². The van der Waals surface area contributed by atoms with Crippen LogP contribution in [0.5, 0.6) is 0 Å². The van der Waals surface area contributed by atoms with Crippen molar-refractivity contribution in [3.05, 3.63) is 12.3 Å².